The van der Waals surface area contributed by atoms with Gasteiger partial charge in [0.25, 0.3) is 5.56 Å². The minimum absolute atomic E-state index is 0.0772. The molecule has 0 bridgehead atoms. The highest BCUT2D eigenvalue weighted by Crippen LogP contribution is 2.28. The summed E-state index contributed by atoms with van der Waals surface area (Å²) < 4.78 is 1.83. The molecule has 0 aromatic carbocycles. The molecule has 3 heterocycles. The van der Waals surface area contributed by atoms with Crippen LogP contribution in [0.25, 0.3) is 4.96 Å². The summed E-state index contributed by atoms with van der Waals surface area (Å²) in [6.45, 7) is 1.58. The zero-order valence-electron chi connectivity index (χ0n) is 13.1. The van der Waals surface area contributed by atoms with E-state index < -0.39 is 0 Å². The van der Waals surface area contributed by atoms with Crippen molar-refractivity contribution in [2.24, 2.45) is 0 Å². The topological polar surface area (TPSA) is 37.6 Å². The van der Waals surface area contributed by atoms with Gasteiger partial charge in [0, 0.05) is 29.7 Å². The van der Waals surface area contributed by atoms with Gasteiger partial charge in [0.05, 0.1) is 5.69 Å². The van der Waals surface area contributed by atoms with E-state index in [-0.39, 0.29) is 5.56 Å². The SMILES string of the molecule is CN(Cc1ccsc1)Cc1cc(=O)n2c3c(sc2n1)CCCC3. The number of aromatic nitrogens is 2. The van der Waals surface area contributed by atoms with Crippen molar-refractivity contribution < 1.29 is 0 Å². The lowest BCUT2D eigenvalue weighted by Crippen LogP contribution is -2.22. The third-order valence-corrected chi connectivity index (χ3v) is 6.15. The normalized spacial score (nSPS) is 14.5. The fourth-order valence-corrected chi connectivity index (χ4v) is 5.14. The Morgan fingerprint density at radius 3 is 3.00 bits per heavy atom. The molecule has 1 aliphatic rings. The van der Waals surface area contributed by atoms with E-state index in [1.807, 2.05) is 4.40 Å². The summed E-state index contributed by atoms with van der Waals surface area (Å²) in [6, 6.07) is 3.85. The van der Waals surface area contributed by atoms with Crippen molar-refractivity contribution in [3.63, 3.8) is 0 Å². The Morgan fingerprint density at radius 1 is 1.30 bits per heavy atom. The fourth-order valence-electron chi connectivity index (χ4n) is 3.25. The molecule has 0 fully saturated rings. The average Bonchev–Trinajstić information content (AvgIpc) is 3.13. The monoisotopic (exact) mass is 345 g/mol. The number of thiophene rings is 1. The van der Waals surface area contributed by atoms with Crippen LogP contribution in [0, 0.1) is 0 Å². The van der Waals surface area contributed by atoms with Gasteiger partial charge in [-0.1, -0.05) is 0 Å². The molecule has 0 saturated heterocycles. The van der Waals surface area contributed by atoms with Crippen LogP contribution in [0.15, 0.2) is 27.7 Å². The molecule has 23 heavy (non-hydrogen) atoms. The second kappa shape index (κ2) is 6.19. The molecule has 6 heteroatoms. The molecule has 0 N–H and O–H groups in total. The summed E-state index contributed by atoms with van der Waals surface area (Å²) in [6.07, 6.45) is 4.51. The summed E-state index contributed by atoms with van der Waals surface area (Å²) in [4.78, 5) is 21.7. The zero-order valence-corrected chi connectivity index (χ0v) is 14.8. The molecule has 0 saturated carbocycles. The van der Waals surface area contributed by atoms with E-state index in [0.717, 1.165) is 30.0 Å². The van der Waals surface area contributed by atoms with Gasteiger partial charge in [-0.05, 0) is 55.1 Å². The predicted octanol–water partition coefficient (Wildman–Crippen LogP) is 3.33. The lowest BCUT2D eigenvalue weighted by atomic mass is 10.0. The van der Waals surface area contributed by atoms with Gasteiger partial charge in [-0.15, -0.1) is 11.3 Å². The molecule has 120 valence electrons. The van der Waals surface area contributed by atoms with Gasteiger partial charge >= 0.3 is 0 Å². The second-order valence-corrected chi connectivity index (χ2v) is 8.03. The molecule has 4 nitrogen and oxygen atoms in total. The van der Waals surface area contributed by atoms with Crippen LogP contribution >= 0.6 is 22.7 Å². The Labute approximate surface area is 143 Å². The molecule has 0 unspecified atom stereocenters. The molecule has 0 atom stereocenters. The standard InChI is InChI=1S/C17H19N3OS2/c1-19(9-12-6-7-22-11-12)10-13-8-16(21)20-14-4-2-3-5-15(14)23-17(20)18-13/h6-8,11H,2-5,9-10H2,1H3. The van der Waals surface area contributed by atoms with E-state index in [0.29, 0.717) is 6.54 Å². The van der Waals surface area contributed by atoms with Crippen molar-refractivity contribution in [1.82, 2.24) is 14.3 Å². The Morgan fingerprint density at radius 2 is 2.17 bits per heavy atom. The van der Waals surface area contributed by atoms with Crippen LogP contribution in [0.5, 0.6) is 0 Å². The van der Waals surface area contributed by atoms with E-state index in [1.54, 1.807) is 28.7 Å². The first-order valence-electron chi connectivity index (χ1n) is 7.93. The molecular formula is C17H19N3OS2. The van der Waals surface area contributed by atoms with Gasteiger partial charge in [0.15, 0.2) is 4.96 Å². The maximum atomic E-state index is 12.5. The molecule has 0 aliphatic heterocycles. The smallest absolute Gasteiger partial charge is 0.259 e. The highest BCUT2D eigenvalue weighted by Gasteiger charge is 2.18. The maximum Gasteiger partial charge on any atom is 0.259 e. The summed E-state index contributed by atoms with van der Waals surface area (Å²) in [5, 5.41) is 4.26. The summed E-state index contributed by atoms with van der Waals surface area (Å²) >= 11 is 3.41. The minimum Gasteiger partial charge on any atom is -0.296 e. The van der Waals surface area contributed by atoms with Crippen LogP contribution in [0.4, 0.5) is 0 Å². The Hall–Kier alpha value is -1.50. The van der Waals surface area contributed by atoms with Crippen molar-refractivity contribution >= 4 is 27.6 Å². The first kappa shape index (κ1) is 15.1. The third kappa shape index (κ3) is 2.98. The Balaban J connectivity index is 1.62. The largest absolute Gasteiger partial charge is 0.296 e. The van der Waals surface area contributed by atoms with Gasteiger partial charge < -0.3 is 0 Å². The van der Waals surface area contributed by atoms with Crippen molar-refractivity contribution in [1.29, 1.82) is 0 Å². The molecule has 3 aromatic rings. The number of rotatable bonds is 4. The van der Waals surface area contributed by atoms with Gasteiger partial charge in [0.2, 0.25) is 0 Å². The van der Waals surface area contributed by atoms with Crippen LogP contribution in [0.3, 0.4) is 0 Å². The lowest BCUT2D eigenvalue weighted by Gasteiger charge is -2.15. The summed E-state index contributed by atoms with van der Waals surface area (Å²) in [5.41, 5.74) is 3.45. The molecule has 0 amide bonds. The molecule has 1 aliphatic carbocycles. The van der Waals surface area contributed by atoms with Crippen molar-refractivity contribution in [2.45, 2.75) is 38.8 Å². The molecular weight excluding hydrogens is 326 g/mol. The van der Waals surface area contributed by atoms with E-state index in [9.17, 15) is 4.79 Å². The molecule has 0 radical (unpaired) electrons. The third-order valence-electron chi connectivity index (χ3n) is 4.28. The van der Waals surface area contributed by atoms with Crippen molar-refractivity contribution in [3.8, 4) is 0 Å². The van der Waals surface area contributed by atoms with Crippen LogP contribution in [-0.4, -0.2) is 21.3 Å². The van der Waals surface area contributed by atoms with Gasteiger partial charge in [-0.3, -0.25) is 14.1 Å². The highest BCUT2D eigenvalue weighted by atomic mass is 32.1. The van der Waals surface area contributed by atoms with Crippen LogP contribution in [0.2, 0.25) is 0 Å². The quantitative estimate of drug-likeness (QED) is 0.728. The fraction of sp³-hybridized carbons (Fsp3) is 0.412. The lowest BCUT2D eigenvalue weighted by molar-refractivity contribution is 0.315. The Kier molecular flexibility index (Phi) is 4.05. The number of aryl methyl sites for hydroxylation is 2. The summed E-state index contributed by atoms with van der Waals surface area (Å²) in [7, 11) is 2.07. The number of hydrogen-bond acceptors (Lipinski definition) is 5. The van der Waals surface area contributed by atoms with E-state index in [1.165, 1.54) is 29.0 Å². The van der Waals surface area contributed by atoms with Gasteiger partial charge in [0.1, 0.15) is 0 Å². The molecule has 4 rings (SSSR count). The maximum absolute atomic E-state index is 12.5. The number of thiazole rings is 1. The predicted molar refractivity (Wildman–Crippen MR) is 95.5 cm³/mol. The number of hydrogen-bond donors (Lipinski definition) is 0. The molecule has 0 spiro atoms. The minimum atomic E-state index is 0.0772. The second-order valence-electron chi connectivity index (χ2n) is 6.19. The first-order chi connectivity index (χ1) is 11.2. The van der Waals surface area contributed by atoms with Crippen molar-refractivity contribution in [2.75, 3.05) is 7.05 Å². The van der Waals surface area contributed by atoms with E-state index >= 15 is 0 Å². The zero-order chi connectivity index (χ0) is 15.8. The Bertz CT molecular complexity index is 879. The summed E-state index contributed by atoms with van der Waals surface area (Å²) in [5.74, 6) is 0. The van der Waals surface area contributed by atoms with Gasteiger partial charge in [-0.2, -0.15) is 11.3 Å². The first-order valence-corrected chi connectivity index (χ1v) is 9.69. The van der Waals surface area contributed by atoms with Crippen molar-refractivity contribution in [3.05, 3.63) is 55.1 Å². The van der Waals surface area contributed by atoms with Gasteiger partial charge in [-0.25, -0.2) is 4.98 Å². The molecule has 3 aromatic heterocycles. The highest BCUT2D eigenvalue weighted by molar-refractivity contribution is 7.17. The number of fused-ring (bicyclic) bond motifs is 3. The van der Waals surface area contributed by atoms with Crippen LogP contribution < -0.4 is 5.56 Å². The van der Waals surface area contributed by atoms with E-state index in [4.69, 9.17) is 4.98 Å². The average molecular weight is 345 g/mol. The van der Waals surface area contributed by atoms with Crippen LogP contribution in [0.1, 0.15) is 34.7 Å². The number of nitrogens with zero attached hydrogens (tertiary/aromatic N) is 3. The van der Waals surface area contributed by atoms with E-state index in [2.05, 4.69) is 28.8 Å². The van der Waals surface area contributed by atoms with Crippen LogP contribution in [-0.2, 0) is 25.9 Å².